The van der Waals surface area contributed by atoms with Gasteiger partial charge >= 0.3 is 0 Å². The fraction of sp³-hybridized carbons (Fsp3) is 0.455. The zero-order chi connectivity index (χ0) is 10.1. The Morgan fingerprint density at radius 3 is 2.57 bits per heavy atom. The van der Waals surface area contributed by atoms with Gasteiger partial charge in [-0.05, 0) is 37.1 Å². The SMILES string of the molecule is Cc1cc2c(cc1C)OC(CN)CO2. The van der Waals surface area contributed by atoms with Gasteiger partial charge < -0.3 is 15.2 Å². The average Bonchev–Trinajstić information content (AvgIpc) is 2.19. The summed E-state index contributed by atoms with van der Waals surface area (Å²) in [5.74, 6) is 1.65. The lowest BCUT2D eigenvalue weighted by Gasteiger charge is -2.26. The van der Waals surface area contributed by atoms with Crippen molar-refractivity contribution in [1.82, 2.24) is 0 Å². The number of nitrogens with two attached hydrogens (primary N) is 1. The Morgan fingerprint density at radius 2 is 1.93 bits per heavy atom. The largest absolute Gasteiger partial charge is 0.486 e. The van der Waals surface area contributed by atoms with Crippen LogP contribution in [-0.2, 0) is 0 Å². The maximum Gasteiger partial charge on any atom is 0.162 e. The van der Waals surface area contributed by atoms with Crippen LogP contribution < -0.4 is 15.2 Å². The van der Waals surface area contributed by atoms with Gasteiger partial charge in [-0.1, -0.05) is 0 Å². The summed E-state index contributed by atoms with van der Waals surface area (Å²) < 4.78 is 11.2. The third-order valence-electron chi connectivity index (χ3n) is 2.54. The van der Waals surface area contributed by atoms with E-state index in [2.05, 4.69) is 13.8 Å². The first kappa shape index (κ1) is 9.34. The van der Waals surface area contributed by atoms with Crippen LogP contribution in [0.25, 0.3) is 0 Å². The number of fused-ring (bicyclic) bond motifs is 1. The molecule has 2 rings (SSSR count). The van der Waals surface area contributed by atoms with Gasteiger partial charge in [0.1, 0.15) is 12.7 Å². The van der Waals surface area contributed by atoms with E-state index < -0.39 is 0 Å². The zero-order valence-corrected chi connectivity index (χ0v) is 8.54. The van der Waals surface area contributed by atoms with Gasteiger partial charge in [-0.2, -0.15) is 0 Å². The first-order valence-corrected chi connectivity index (χ1v) is 4.81. The molecule has 0 amide bonds. The molecular formula is C11H15NO2. The van der Waals surface area contributed by atoms with Crippen LogP contribution in [0.4, 0.5) is 0 Å². The van der Waals surface area contributed by atoms with Crippen molar-refractivity contribution < 1.29 is 9.47 Å². The van der Waals surface area contributed by atoms with E-state index in [9.17, 15) is 0 Å². The van der Waals surface area contributed by atoms with Crippen molar-refractivity contribution in [3.8, 4) is 11.5 Å². The maximum atomic E-state index is 5.67. The number of hydrogen-bond acceptors (Lipinski definition) is 3. The highest BCUT2D eigenvalue weighted by molar-refractivity contribution is 5.47. The molecule has 0 saturated heterocycles. The highest BCUT2D eigenvalue weighted by Gasteiger charge is 2.20. The van der Waals surface area contributed by atoms with Crippen LogP contribution in [0.2, 0.25) is 0 Å². The Kier molecular flexibility index (Phi) is 2.33. The third-order valence-corrected chi connectivity index (χ3v) is 2.54. The van der Waals surface area contributed by atoms with E-state index in [0.29, 0.717) is 13.2 Å². The minimum absolute atomic E-state index is 0.00962. The van der Waals surface area contributed by atoms with E-state index in [1.807, 2.05) is 12.1 Å². The molecule has 1 unspecified atom stereocenters. The van der Waals surface area contributed by atoms with Crippen molar-refractivity contribution in [2.45, 2.75) is 20.0 Å². The Balaban J connectivity index is 2.33. The van der Waals surface area contributed by atoms with Crippen LogP contribution in [-0.4, -0.2) is 19.3 Å². The number of hydrogen-bond donors (Lipinski definition) is 1. The van der Waals surface area contributed by atoms with Gasteiger partial charge in [-0.3, -0.25) is 0 Å². The molecule has 3 heteroatoms. The highest BCUT2D eigenvalue weighted by Crippen LogP contribution is 2.33. The molecule has 2 N–H and O–H groups in total. The number of benzene rings is 1. The quantitative estimate of drug-likeness (QED) is 0.733. The number of rotatable bonds is 1. The molecule has 14 heavy (non-hydrogen) atoms. The molecule has 1 aromatic carbocycles. The summed E-state index contributed by atoms with van der Waals surface area (Å²) in [6, 6.07) is 4.02. The van der Waals surface area contributed by atoms with Gasteiger partial charge in [0.2, 0.25) is 0 Å². The number of ether oxygens (including phenoxy) is 2. The van der Waals surface area contributed by atoms with E-state index in [1.165, 1.54) is 11.1 Å². The summed E-state index contributed by atoms with van der Waals surface area (Å²) in [4.78, 5) is 0. The molecular weight excluding hydrogens is 178 g/mol. The van der Waals surface area contributed by atoms with E-state index in [1.54, 1.807) is 0 Å². The third kappa shape index (κ3) is 1.55. The summed E-state index contributed by atoms with van der Waals surface area (Å²) >= 11 is 0. The lowest BCUT2D eigenvalue weighted by molar-refractivity contribution is 0.0967. The lowest BCUT2D eigenvalue weighted by Crippen LogP contribution is -2.35. The Labute approximate surface area is 83.8 Å². The van der Waals surface area contributed by atoms with Crippen LogP contribution in [0, 0.1) is 13.8 Å². The minimum Gasteiger partial charge on any atom is -0.486 e. The normalized spacial score (nSPS) is 19.5. The van der Waals surface area contributed by atoms with E-state index >= 15 is 0 Å². The predicted molar refractivity (Wildman–Crippen MR) is 54.9 cm³/mol. The lowest BCUT2D eigenvalue weighted by atomic mass is 10.1. The van der Waals surface area contributed by atoms with Gasteiger partial charge in [0, 0.05) is 6.54 Å². The molecule has 76 valence electrons. The molecule has 0 aliphatic carbocycles. The van der Waals surface area contributed by atoms with Crippen LogP contribution in [0.5, 0.6) is 11.5 Å². The minimum atomic E-state index is -0.00962. The van der Waals surface area contributed by atoms with Crippen LogP contribution in [0.3, 0.4) is 0 Å². The second-order valence-electron chi connectivity index (χ2n) is 3.67. The Bertz CT molecular complexity index is 349. The monoisotopic (exact) mass is 193 g/mol. The summed E-state index contributed by atoms with van der Waals surface area (Å²) in [7, 11) is 0. The standard InChI is InChI=1S/C11H15NO2/c1-7-3-10-11(4-8(7)2)14-9(5-12)6-13-10/h3-4,9H,5-6,12H2,1-2H3. The average molecular weight is 193 g/mol. The molecule has 1 aromatic rings. The van der Waals surface area contributed by atoms with Crippen molar-refractivity contribution in [2.24, 2.45) is 5.73 Å². The second-order valence-corrected chi connectivity index (χ2v) is 3.67. The smallest absolute Gasteiger partial charge is 0.162 e. The topological polar surface area (TPSA) is 44.5 Å². The molecule has 0 spiro atoms. The molecule has 0 fully saturated rings. The number of aryl methyl sites for hydroxylation is 2. The van der Waals surface area contributed by atoms with E-state index in [4.69, 9.17) is 15.2 Å². The van der Waals surface area contributed by atoms with Gasteiger partial charge in [0.25, 0.3) is 0 Å². The summed E-state index contributed by atoms with van der Waals surface area (Å²) in [5.41, 5.74) is 7.96. The fourth-order valence-electron chi connectivity index (χ4n) is 1.48. The Hall–Kier alpha value is -1.22. The predicted octanol–water partition coefficient (Wildman–Crippen LogP) is 1.40. The highest BCUT2D eigenvalue weighted by atomic mass is 16.6. The van der Waals surface area contributed by atoms with Gasteiger partial charge in [-0.25, -0.2) is 0 Å². The molecule has 0 saturated carbocycles. The van der Waals surface area contributed by atoms with Crippen LogP contribution in [0.1, 0.15) is 11.1 Å². The first-order chi connectivity index (χ1) is 6.70. The molecule has 0 radical (unpaired) electrons. The molecule has 0 bridgehead atoms. The molecule has 1 atom stereocenters. The fourth-order valence-corrected chi connectivity index (χ4v) is 1.48. The molecule has 1 aliphatic heterocycles. The zero-order valence-electron chi connectivity index (χ0n) is 8.54. The van der Waals surface area contributed by atoms with Crippen LogP contribution >= 0.6 is 0 Å². The van der Waals surface area contributed by atoms with Crippen LogP contribution in [0.15, 0.2) is 12.1 Å². The molecule has 1 heterocycles. The molecule has 3 nitrogen and oxygen atoms in total. The van der Waals surface area contributed by atoms with Crippen molar-refractivity contribution in [3.05, 3.63) is 23.3 Å². The van der Waals surface area contributed by atoms with Crippen molar-refractivity contribution in [1.29, 1.82) is 0 Å². The molecule has 0 aromatic heterocycles. The summed E-state index contributed by atoms with van der Waals surface area (Å²) in [6.45, 7) is 5.16. The summed E-state index contributed by atoms with van der Waals surface area (Å²) in [5, 5.41) is 0. The van der Waals surface area contributed by atoms with Gasteiger partial charge in [-0.15, -0.1) is 0 Å². The second kappa shape index (κ2) is 3.50. The Morgan fingerprint density at radius 1 is 1.29 bits per heavy atom. The van der Waals surface area contributed by atoms with Crippen molar-refractivity contribution >= 4 is 0 Å². The van der Waals surface area contributed by atoms with E-state index in [0.717, 1.165) is 11.5 Å². The summed E-state index contributed by atoms with van der Waals surface area (Å²) in [6.07, 6.45) is -0.00962. The van der Waals surface area contributed by atoms with Crippen molar-refractivity contribution in [3.63, 3.8) is 0 Å². The van der Waals surface area contributed by atoms with Gasteiger partial charge in [0.15, 0.2) is 11.5 Å². The maximum absolute atomic E-state index is 5.67. The van der Waals surface area contributed by atoms with Crippen molar-refractivity contribution in [2.75, 3.05) is 13.2 Å². The van der Waals surface area contributed by atoms with Gasteiger partial charge in [0.05, 0.1) is 0 Å². The first-order valence-electron chi connectivity index (χ1n) is 4.81. The molecule has 1 aliphatic rings. The van der Waals surface area contributed by atoms with E-state index in [-0.39, 0.29) is 6.10 Å².